The molecule has 1 atom stereocenters. The molecule has 9 nitrogen and oxygen atoms in total. The molecule has 9 heteroatoms. The number of hydrogen-bond acceptors (Lipinski definition) is 7. The Hall–Kier alpha value is -3.33. The van der Waals surface area contributed by atoms with Crippen molar-refractivity contribution in [2.75, 3.05) is 39.2 Å². The molecule has 148 valence electrons. The second kappa shape index (κ2) is 8.57. The first-order valence-corrected chi connectivity index (χ1v) is 8.65. The number of nitrogens with one attached hydrogen (secondary N) is 1. The van der Waals surface area contributed by atoms with Crippen molar-refractivity contribution in [2.45, 2.75) is 6.10 Å². The van der Waals surface area contributed by atoms with Crippen molar-refractivity contribution >= 4 is 17.3 Å². The first-order valence-electron chi connectivity index (χ1n) is 8.65. The summed E-state index contributed by atoms with van der Waals surface area (Å²) in [7, 11) is 3.19. The van der Waals surface area contributed by atoms with E-state index in [1.165, 1.54) is 19.2 Å². The number of ether oxygens (including phenoxy) is 3. The Labute approximate surface area is 162 Å². The number of nitrogens with zero attached hydrogens (tertiary/aromatic N) is 2. The van der Waals surface area contributed by atoms with E-state index in [2.05, 4.69) is 5.32 Å². The van der Waals surface area contributed by atoms with Gasteiger partial charge >= 0.3 is 0 Å². The molecule has 1 heterocycles. The zero-order valence-corrected chi connectivity index (χ0v) is 15.6. The molecule has 0 aromatic heterocycles. The highest BCUT2D eigenvalue weighted by atomic mass is 16.6. The van der Waals surface area contributed by atoms with Crippen LogP contribution in [0.5, 0.6) is 17.2 Å². The summed E-state index contributed by atoms with van der Waals surface area (Å²) in [4.78, 5) is 24.7. The Balaban J connectivity index is 1.56. The lowest BCUT2D eigenvalue weighted by Crippen LogP contribution is -2.42. The van der Waals surface area contributed by atoms with E-state index < -0.39 is 4.92 Å². The van der Waals surface area contributed by atoms with Gasteiger partial charge in [0.25, 0.3) is 5.69 Å². The summed E-state index contributed by atoms with van der Waals surface area (Å²) in [5.74, 6) is 1.35. The van der Waals surface area contributed by atoms with E-state index in [9.17, 15) is 14.9 Å². The van der Waals surface area contributed by atoms with Crippen molar-refractivity contribution in [3.05, 3.63) is 52.6 Å². The fourth-order valence-electron chi connectivity index (χ4n) is 2.90. The Morgan fingerprint density at radius 2 is 2.07 bits per heavy atom. The van der Waals surface area contributed by atoms with Gasteiger partial charge in [-0.1, -0.05) is 12.1 Å². The van der Waals surface area contributed by atoms with Crippen molar-refractivity contribution in [3.8, 4) is 17.2 Å². The molecule has 0 spiro atoms. The van der Waals surface area contributed by atoms with Crippen molar-refractivity contribution in [1.29, 1.82) is 0 Å². The third kappa shape index (κ3) is 4.68. The van der Waals surface area contributed by atoms with Gasteiger partial charge in [0, 0.05) is 6.54 Å². The summed E-state index contributed by atoms with van der Waals surface area (Å²) in [6.45, 7) is 0.893. The largest absolute Gasteiger partial charge is 0.496 e. The molecule has 1 amide bonds. The lowest BCUT2D eigenvalue weighted by atomic mass is 10.2. The highest BCUT2D eigenvalue weighted by Gasteiger charge is 2.23. The molecular weight excluding hydrogens is 366 g/mol. The minimum atomic E-state index is -0.563. The predicted molar refractivity (Wildman–Crippen MR) is 102 cm³/mol. The van der Waals surface area contributed by atoms with Gasteiger partial charge in [-0.05, 0) is 31.3 Å². The number of amides is 1. The van der Waals surface area contributed by atoms with E-state index in [4.69, 9.17) is 14.2 Å². The molecule has 2 aromatic carbocycles. The summed E-state index contributed by atoms with van der Waals surface area (Å²) >= 11 is 0. The van der Waals surface area contributed by atoms with E-state index in [0.29, 0.717) is 30.4 Å². The predicted octanol–water partition coefficient (Wildman–Crippen LogP) is 2.31. The van der Waals surface area contributed by atoms with Gasteiger partial charge in [0.15, 0.2) is 11.5 Å². The van der Waals surface area contributed by atoms with Gasteiger partial charge < -0.3 is 19.5 Å². The fourth-order valence-corrected chi connectivity index (χ4v) is 2.90. The zero-order valence-electron chi connectivity index (χ0n) is 15.6. The standard InChI is InChI=1S/C19H21N3O6/c1-21(10-14-12-27-17-5-3-4-6-18(17)28-14)11-19(23)20-15-8-7-13(26-2)9-16(15)22(24)25/h3-9,14H,10-12H2,1-2H3,(H,20,23). The van der Waals surface area contributed by atoms with Crippen LogP contribution in [0.3, 0.4) is 0 Å². The number of benzene rings is 2. The van der Waals surface area contributed by atoms with Gasteiger partial charge in [0.05, 0.1) is 24.6 Å². The van der Waals surface area contributed by atoms with Crippen molar-refractivity contribution < 1.29 is 23.9 Å². The first kappa shape index (κ1) is 19.4. The number of carbonyl (C=O) groups excluding carboxylic acids is 1. The van der Waals surface area contributed by atoms with Crippen LogP contribution in [-0.2, 0) is 4.79 Å². The molecule has 0 saturated heterocycles. The summed E-state index contributed by atoms with van der Waals surface area (Å²) in [5.41, 5.74) is -0.105. The van der Waals surface area contributed by atoms with Crippen LogP contribution in [0.2, 0.25) is 0 Å². The van der Waals surface area contributed by atoms with Gasteiger partial charge in [-0.15, -0.1) is 0 Å². The highest BCUT2D eigenvalue weighted by molar-refractivity contribution is 5.94. The summed E-state index contributed by atoms with van der Waals surface area (Å²) in [6.07, 6.45) is -0.219. The Bertz CT molecular complexity index is 872. The monoisotopic (exact) mass is 387 g/mol. The molecule has 0 bridgehead atoms. The molecule has 2 aromatic rings. The lowest BCUT2D eigenvalue weighted by molar-refractivity contribution is -0.384. The van der Waals surface area contributed by atoms with Gasteiger partial charge in [0.1, 0.15) is 24.1 Å². The molecule has 3 rings (SSSR count). The number of nitro benzene ring substituents is 1. The SMILES string of the molecule is COc1ccc(NC(=O)CN(C)CC2COc3ccccc3O2)c([N+](=O)[O-])c1. The molecule has 1 unspecified atom stereocenters. The quantitative estimate of drug-likeness (QED) is 0.574. The summed E-state index contributed by atoms with van der Waals surface area (Å²) in [5, 5.41) is 13.8. The highest BCUT2D eigenvalue weighted by Crippen LogP contribution is 2.31. The topological polar surface area (TPSA) is 103 Å². The molecule has 0 radical (unpaired) electrons. The maximum Gasteiger partial charge on any atom is 0.296 e. The molecule has 0 saturated carbocycles. The smallest absolute Gasteiger partial charge is 0.296 e. The second-order valence-electron chi connectivity index (χ2n) is 6.38. The number of likely N-dealkylation sites (N-methyl/N-ethyl adjacent to an activating group) is 1. The molecule has 1 N–H and O–H groups in total. The minimum absolute atomic E-state index is 0.0463. The molecule has 28 heavy (non-hydrogen) atoms. The Morgan fingerprint density at radius 3 is 2.79 bits per heavy atom. The van der Waals surface area contributed by atoms with Gasteiger partial charge in [-0.3, -0.25) is 19.8 Å². The van der Waals surface area contributed by atoms with Crippen molar-refractivity contribution in [3.63, 3.8) is 0 Å². The average Bonchev–Trinajstić information content (AvgIpc) is 2.67. The molecule has 1 aliphatic heterocycles. The molecule has 0 fully saturated rings. The summed E-state index contributed by atoms with van der Waals surface area (Å²) < 4.78 is 16.5. The minimum Gasteiger partial charge on any atom is -0.496 e. The normalized spacial score (nSPS) is 15.2. The van der Waals surface area contributed by atoms with Crippen LogP contribution >= 0.6 is 0 Å². The third-order valence-corrected chi connectivity index (χ3v) is 4.17. The Kier molecular flexibility index (Phi) is 5.95. The lowest BCUT2D eigenvalue weighted by Gasteiger charge is -2.29. The number of nitro groups is 1. The van der Waals surface area contributed by atoms with Crippen LogP contribution in [0.25, 0.3) is 0 Å². The van der Waals surface area contributed by atoms with Crippen LogP contribution in [0, 0.1) is 10.1 Å². The van der Waals surface area contributed by atoms with E-state index >= 15 is 0 Å². The number of rotatable bonds is 7. The van der Waals surface area contributed by atoms with Gasteiger partial charge in [0.2, 0.25) is 5.91 Å². The van der Waals surface area contributed by atoms with Crippen molar-refractivity contribution in [2.24, 2.45) is 0 Å². The maximum absolute atomic E-state index is 12.3. The van der Waals surface area contributed by atoms with Crippen molar-refractivity contribution in [1.82, 2.24) is 4.90 Å². The number of anilines is 1. The average molecular weight is 387 g/mol. The first-order chi connectivity index (χ1) is 13.5. The number of hydrogen-bond donors (Lipinski definition) is 1. The van der Waals surface area contributed by atoms with E-state index in [1.54, 1.807) is 18.0 Å². The third-order valence-electron chi connectivity index (χ3n) is 4.17. The van der Waals surface area contributed by atoms with Crippen LogP contribution in [0.15, 0.2) is 42.5 Å². The maximum atomic E-state index is 12.3. The number of fused-ring (bicyclic) bond motifs is 1. The molecular formula is C19H21N3O6. The molecule has 0 aliphatic carbocycles. The number of carbonyl (C=O) groups is 1. The van der Waals surface area contributed by atoms with E-state index in [1.807, 2.05) is 24.3 Å². The van der Waals surface area contributed by atoms with Gasteiger partial charge in [-0.2, -0.15) is 0 Å². The van der Waals surface area contributed by atoms with E-state index in [0.717, 1.165) is 0 Å². The second-order valence-corrected chi connectivity index (χ2v) is 6.38. The molecule has 1 aliphatic rings. The fraction of sp³-hybridized carbons (Fsp3) is 0.316. The number of methoxy groups -OCH3 is 1. The number of para-hydroxylation sites is 2. The summed E-state index contributed by atoms with van der Waals surface area (Å²) in [6, 6.07) is 11.7. The van der Waals surface area contributed by atoms with Crippen LogP contribution in [-0.4, -0.2) is 55.7 Å². The van der Waals surface area contributed by atoms with Crippen LogP contribution in [0.1, 0.15) is 0 Å². The van der Waals surface area contributed by atoms with Crippen LogP contribution in [0.4, 0.5) is 11.4 Å². The van der Waals surface area contributed by atoms with Crippen LogP contribution < -0.4 is 19.5 Å². The zero-order chi connectivity index (χ0) is 20.1. The Morgan fingerprint density at radius 1 is 1.32 bits per heavy atom. The van der Waals surface area contributed by atoms with Gasteiger partial charge in [-0.25, -0.2) is 0 Å². The van der Waals surface area contributed by atoms with E-state index in [-0.39, 0.29) is 29.9 Å².